The van der Waals surface area contributed by atoms with E-state index in [-0.39, 0.29) is 33.5 Å². The standard InChI is InChI=1S/C77H50N2O10S2/c1-39-70-51-16-9-7-12-40(51)20-25-63(70)87-76(83)71(39)61-32-47(30-59(79-61)55-36-56-64(85-6)33-49(84-5)34-65(56)88-74(55)81)46-29-58(44-15-11-14-42(26-44)53-35-54-50-23-22-48(77(2,3)4)27-43(50)21-24-62(54)86-73(53)80)78-60(31-46)67-38-69-68(91-67)37-66(90-69)57-28-45-19-18-41-13-8-10-17-52(41)72(45)89-75(57)82/h7-38H,1-6H3. The minimum atomic E-state index is -0.687. The summed E-state index contributed by atoms with van der Waals surface area (Å²) in [7, 11) is 3.04. The number of ether oxygens (including phenoxy) is 2. The fourth-order valence-electron chi connectivity index (χ4n) is 12.6. The highest BCUT2D eigenvalue weighted by Gasteiger charge is 2.24. The van der Waals surface area contributed by atoms with E-state index in [1.54, 1.807) is 30.3 Å². The van der Waals surface area contributed by atoms with Crippen LogP contribution < -0.4 is 32.0 Å². The SMILES string of the molecule is COc1cc(OC)c2cc(-c3cc(-c4cc(-c5cccc(-c6cc7c(ccc8cc(C(C)(C)C)ccc87)oc6=O)c5)nc(-c5cc6sc(-c7cc8ccc9ccccc9c8oc7=O)cc6s5)c4)cc(-c4c(C)c5c(ccc6ccccc65)oc4=O)n3)c(=O)oc2c1. The zero-order valence-electron chi connectivity index (χ0n) is 49.8. The van der Waals surface area contributed by atoms with Gasteiger partial charge < -0.3 is 27.1 Å². The molecule has 8 aromatic heterocycles. The van der Waals surface area contributed by atoms with Gasteiger partial charge in [-0.25, -0.2) is 29.1 Å². The zero-order chi connectivity index (χ0) is 62.1. The Bertz CT molecular complexity index is 6030. The molecule has 0 spiro atoms. The molecule has 0 saturated carbocycles. The maximum Gasteiger partial charge on any atom is 0.346 e. The lowest BCUT2D eigenvalue weighted by molar-refractivity contribution is 0.396. The van der Waals surface area contributed by atoms with Crippen LogP contribution in [0.2, 0.25) is 0 Å². The highest BCUT2D eigenvalue weighted by molar-refractivity contribution is 7.31. The zero-order valence-corrected chi connectivity index (χ0v) is 51.4. The van der Waals surface area contributed by atoms with Gasteiger partial charge in [0.05, 0.1) is 69.5 Å². The van der Waals surface area contributed by atoms with E-state index >= 15 is 0 Å². The summed E-state index contributed by atoms with van der Waals surface area (Å²) in [5.74, 6) is 0.839. The van der Waals surface area contributed by atoms with E-state index in [9.17, 15) is 19.2 Å². The van der Waals surface area contributed by atoms with E-state index in [2.05, 4.69) is 45.0 Å². The van der Waals surface area contributed by atoms with Crippen LogP contribution in [0.15, 0.2) is 231 Å². The van der Waals surface area contributed by atoms with E-state index in [4.69, 9.17) is 37.1 Å². The van der Waals surface area contributed by atoms with Crippen LogP contribution in [0, 0.1) is 6.92 Å². The van der Waals surface area contributed by atoms with Crippen molar-refractivity contribution in [1.82, 2.24) is 9.97 Å². The first-order valence-electron chi connectivity index (χ1n) is 29.4. The number of benzene rings is 8. The van der Waals surface area contributed by atoms with Crippen molar-refractivity contribution in [2.75, 3.05) is 14.2 Å². The van der Waals surface area contributed by atoms with Crippen molar-refractivity contribution in [3.05, 3.63) is 247 Å². The predicted molar refractivity (Wildman–Crippen MR) is 367 cm³/mol. The van der Waals surface area contributed by atoms with Crippen molar-refractivity contribution < 1.29 is 27.1 Å². The summed E-state index contributed by atoms with van der Waals surface area (Å²) in [4.78, 5) is 69.3. The highest BCUT2D eigenvalue weighted by Crippen LogP contribution is 2.45. The molecule has 12 nitrogen and oxygen atoms in total. The molecule has 0 unspecified atom stereocenters. The first-order chi connectivity index (χ1) is 44.1. The van der Waals surface area contributed by atoms with Gasteiger partial charge in [0.1, 0.15) is 33.8 Å². The smallest absolute Gasteiger partial charge is 0.346 e. The Morgan fingerprint density at radius 1 is 0.407 bits per heavy atom. The number of fused-ring (bicyclic) bond motifs is 11. The van der Waals surface area contributed by atoms with Crippen molar-refractivity contribution in [2.24, 2.45) is 0 Å². The minimum absolute atomic E-state index is 0.0658. The lowest BCUT2D eigenvalue weighted by Crippen LogP contribution is -2.10. The molecule has 0 radical (unpaired) electrons. The number of aromatic nitrogens is 2. The molecule has 0 aliphatic carbocycles. The van der Waals surface area contributed by atoms with Gasteiger partial charge in [-0.2, -0.15) is 0 Å². The van der Waals surface area contributed by atoms with Crippen LogP contribution in [0.25, 0.3) is 163 Å². The van der Waals surface area contributed by atoms with Crippen molar-refractivity contribution in [2.45, 2.75) is 33.1 Å². The first kappa shape index (κ1) is 55.3. The van der Waals surface area contributed by atoms with Gasteiger partial charge >= 0.3 is 22.5 Å². The third kappa shape index (κ3) is 9.40. The Balaban J connectivity index is 0.902. The molecule has 8 aromatic carbocycles. The van der Waals surface area contributed by atoms with Gasteiger partial charge in [0.25, 0.3) is 0 Å². The Morgan fingerprint density at radius 2 is 1.03 bits per heavy atom. The Kier molecular flexibility index (Phi) is 12.8. The molecule has 0 bridgehead atoms. The minimum Gasteiger partial charge on any atom is -0.496 e. The summed E-state index contributed by atoms with van der Waals surface area (Å²) in [6.07, 6.45) is 0. The van der Waals surface area contributed by atoms with Gasteiger partial charge in [-0.1, -0.05) is 130 Å². The molecule has 0 aliphatic rings. The molecule has 0 aliphatic heterocycles. The van der Waals surface area contributed by atoms with Gasteiger partial charge in [0.2, 0.25) is 0 Å². The van der Waals surface area contributed by atoms with Crippen LogP contribution >= 0.6 is 22.7 Å². The van der Waals surface area contributed by atoms with E-state index in [1.807, 2.05) is 146 Å². The number of pyridine rings is 2. The molecule has 8 heterocycles. The van der Waals surface area contributed by atoms with Crippen LogP contribution in [0.1, 0.15) is 31.9 Å². The number of rotatable bonds is 9. The summed E-state index contributed by atoms with van der Waals surface area (Å²) < 4.78 is 37.6. The Hall–Kier alpha value is -11.1. The molecule has 91 heavy (non-hydrogen) atoms. The van der Waals surface area contributed by atoms with Crippen molar-refractivity contribution in [1.29, 1.82) is 0 Å². The molecule has 440 valence electrons. The molecule has 16 rings (SSSR count). The number of thiophene rings is 2. The summed E-state index contributed by atoms with van der Waals surface area (Å²) in [5.41, 5.74) is 6.57. The van der Waals surface area contributed by atoms with Crippen LogP contribution in [0.3, 0.4) is 0 Å². The molecule has 0 fully saturated rings. The molecule has 0 atom stereocenters. The maximum absolute atomic E-state index is 14.6. The van der Waals surface area contributed by atoms with Gasteiger partial charge in [0, 0.05) is 53.5 Å². The summed E-state index contributed by atoms with van der Waals surface area (Å²) in [6, 6.07) is 61.9. The fraction of sp³-hybridized carbons (Fsp3) is 0.0909. The van der Waals surface area contributed by atoms with Crippen LogP contribution in [-0.4, -0.2) is 24.2 Å². The number of aryl methyl sites for hydroxylation is 1. The normalized spacial score (nSPS) is 12.0. The lowest BCUT2D eigenvalue weighted by Gasteiger charge is -2.19. The predicted octanol–water partition coefficient (Wildman–Crippen LogP) is 18.9. The van der Waals surface area contributed by atoms with Crippen LogP contribution in [0.5, 0.6) is 11.5 Å². The number of nitrogens with zero attached hydrogens (tertiary/aromatic N) is 2. The van der Waals surface area contributed by atoms with Crippen molar-refractivity contribution in [3.8, 4) is 88.5 Å². The second-order valence-electron chi connectivity index (χ2n) is 23.8. The average molecular weight is 1230 g/mol. The van der Waals surface area contributed by atoms with Crippen LogP contribution in [0.4, 0.5) is 0 Å². The van der Waals surface area contributed by atoms with Crippen molar-refractivity contribution >= 4 is 108 Å². The monoisotopic (exact) mass is 1230 g/mol. The highest BCUT2D eigenvalue weighted by atomic mass is 32.1. The second-order valence-corrected chi connectivity index (χ2v) is 26.0. The van der Waals surface area contributed by atoms with Gasteiger partial charge in [-0.05, 0) is 140 Å². The van der Waals surface area contributed by atoms with E-state index in [0.29, 0.717) is 84.0 Å². The van der Waals surface area contributed by atoms with Gasteiger partial charge in [-0.15, -0.1) is 22.7 Å². The summed E-state index contributed by atoms with van der Waals surface area (Å²) >= 11 is 3.02. The summed E-state index contributed by atoms with van der Waals surface area (Å²) in [6.45, 7) is 8.44. The van der Waals surface area contributed by atoms with Crippen LogP contribution in [-0.2, 0) is 5.41 Å². The molecule has 0 N–H and O–H groups in total. The molecular weight excluding hydrogens is 1180 g/mol. The average Bonchev–Trinajstić information content (AvgIpc) is 1.63. The molecular formula is C77H50N2O10S2. The molecule has 14 heteroatoms. The topological polar surface area (TPSA) is 165 Å². The third-order valence-corrected chi connectivity index (χ3v) is 19.6. The quantitative estimate of drug-likeness (QED) is 0.0993. The number of hydrogen-bond donors (Lipinski definition) is 0. The van der Waals surface area contributed by atoms with Crippen molar-refractivity contribution in [3.63, 3.8) is 0 Å². The van der Waals surface area contributed by atoms with Gasteiger partial charge in [0.15, 0.2) is 0 Å². The van der Waals surface area contributed by atoms with E-state index in [0.717, 1.165) is 67.6 Å². The largest absolute Gasteiger partial charge is 0.496 e. The third-order valence-electron chi connectivity index (χ3n) is 17.2. The Morgan fingerprint density at radius 3 is 1.84 bits per heavy atom. The number of hydrogen-bond acceptors (Lipinski definition) is 14. The van der Waals surface area contributed by atoms with Gasteiger partial charge in [-0.3, -0.25) is 0 Å². The Labute approximate surface area is 525 Å². The first-order valence-corrected chi connectivity index (χ1v) is 31.1. The number of methoxy groups -OCH3 is 2. The fourth-order valence-corrected chi connectivity index (χ4v) is 14.9. The maximum atomic E-state index is 14.6. The van der Waals surface area contributed by atoms with E-state index < -0.39 is 22.5 Å². The lowest BCUT2D eigenvalue weighted by atomic mass is 9.85. The molecule has 0 amide bonds. The van der Waals surface area contributed by atoms with E-state index in [1.165, 1.54) is 42.5 Å². The summed E-state index contributed by atoms with van der Waals surface area (Å²) in [5, 5.41) is 8.58. The molecule has 16 aromatic rings. The molecule has 0 saturated heterocycles. The second kappa shape index (κ2) is 21.0.